The van der Waals surface area contributed by atoms with Crippen molar-refractivity contribution in [2.45, 2.75) is 45.1 Å². The van der Waals surface area contributed by atoms with Crippen molar-refractivity contribution >= 4 is 15.8 Å². The fourth-order valence-electron chi connectivity index (χ4n) is 3.00. The lowest BCUT2D eigenvalue weighted by Gasteiger charge is -2.26. The highest BCUT2D eigenvalue weighted by atomic mass is 32.2. The zero-order chi connectivity index (χ0) is 13.9. The molecule has 2 fully saturated rings. The van der Waals surface area contributed by atoms with Crippen LogP contribution in [0, 0.1) is 5.41 Å². The molecule has 6 heteroatoms. The lowest BCUT2D eigenvalue weighted by molar-refractivity contribution is 0.333. The van der Waals surface area contributed by atoms with E-state index in [2.05, 4.69) is 22.5 Å². The molecular weight excluding hydrogens is 262 g/mol. The number of guanidine groups is 1. The Kier molecular flexibility index (Phi) is 4.38. The smallest absolute Gasteiger partial charge is 0.191 e. The Morgan fingerprint density at radius 3 is 2.58 bits per heavy atom. The molecular formula is C13H25N3O2S. The van der Waals surface area contributed by atoms with Crippen LogP contribution in [0.15, 0.2) is 4.99 Å². The maximum Gasteiger partial charge on any atom is 0.191 e. The predicted octanol–water partition coefficient (Wildman–Crippen LogP) is 0.919. The molecule has 1 aliphatic heterocycles. The quantitative estimate of drug-likeness (QED) is 0.598. The first-order valence-electron chi connectivity index (χ1n) is 7.10. The van der Waals surface area contributed by atoms with Gasteiger partial charge in [0.05, 0.1) is 11.5 Å². The molecule has 1 saturated carbocycles. The van der Waals surface area contributed by atoms with Crippen molar-refractivity contribution in [3.8, 4) is 0 Å². The van der Waals surface area contributed by atoms with Crippen LogP contribution in [0.3, 0.4) is 0 Å². The van der Waals surface area contributed by atoms with Crippen LogP contribution >= 0.6 is 0 Å². The van der Waals surface area contributed by atoms with E-state index in [1.54, 1.807) is 7.05 Å². The molecule has 0 aromatic rings. The van der Waals surface area contributed by atoms with Gasteiger partial charge in [-0.1, -0.05) is 19.8 Å². The van der Waals surface area contributed by atoms with Crippen molar-refractivity contribution in [2.75, 3.05) is 25.1 Å². The highest BCUT2D eigenvalue weighted by molar-refractivity contribution is 7.91. The molecule has 2 rings (SSSR count). The minimum absolute atomic E-state index is 0.00702. The van der Waals surface area contributed by atoms with E-state index in [1.165, 1.54) is 25.7 Å². The molecule has 110 valence electrons. The lowest BCUT2D eigenvalue weighted by Crippen LogP contribution is -2.46. The molecule has 1 heterocycles. The molecule has 0 bridgehead atoms. The minimum atomic E-state index is -2.84. The number of aliphatic imine (C=N–C) groups is 1. The zero-order valence-corrected chi connectivity index (χ0v) is 12.7. The minimum Gasteiger partial charge on any atom is -0.356 e. The van der Waals surface area contributed by atoms with E-state index in [-0.39, 0.29) is 11.8 Å². The Hall–Kier alpha value is -0.780. The normalized spacial score (nSPS) is 29.4. The topological polar surface area (TPSA) is 70.6 Å². The second-order valence-electron chi connectivity index (χ2n) is 6.19. The summed E-state index contributed by atoms with van der Waals surface area (Å²) in [5, 5.41) is 6.57. The average molecular weight is 287 g/mol. The van der Waals surface area contributed by atoms with Crippen molar-refractivity contribution in [1.29, 1.82) is 0 Å². The Balaban J connectivity index is 1.81. The summed E-state index contributed by atoms with van der Waals surface area (Å²) in [5.74, 6) is 1.25. The Labute approximate surface area is 116 Å². The fraction of sp³-hybridized carbons (Fsp3) is 0.923. The van der Waals surface area contributed by atoms with Gasteiger partial charge in [0.25, 0.3) is 0 Å². The first kappa shape index (κ1) is 14.6. The summed E-state index contributed by atoms with van der Waals surface area (Å²) in [6, 6.07) is 0.00702. The van der Waals surface area contributed by atoms with E-state index in [4.69, 9.17) is 0 Å². The van der Waals surface area contributed by atoms with Crippen LogP contribution in [-0.2, 0) is 9.84 Å². The third-order valence-corrected chi connectivity index (χ3v) is 6.06. The van der Waals surface area contributed by atoms with Crippen LogP contribution in [0.4, 0.5) is 0 Å². The SMILES string of the molecule is CN=C(NCC1(C)CCCC1)NC1CCS(=O)(=O)C1. The first-order valence-corrected chi connectivity index (χ1v) is 8.92. The predicted molar refractivity (Wildman–Crippen MR) is 78.1 cm³/mol. The van der Waals surface area contributed by atoms with Gasteiger partial charge in [-0.2, -0.15) is 0 Å². The van der Waals surface area contributed by atoms with E-state index in [9.17, 15) is 8.42 Å². The fourth-order valence-corrected chi connectivity index (χ4v) is 4.67. The maximum atomic E-state index is 11.4. The molecule has 1 unspecified atom stereocenters. The highest BCUT2D eigenvalue weighted by Crippen LogP contribution is 2.36. The molecule has 0 aromatic heterocycles. The van der Waals surface area contributed by atoms with Crippen LogP contribution in [0.1, 0.15) is 39.0 Å². The van der Waals surface area contributed by atoms with Gasteiger partial charge in [-0.15, -0.1) is 0 Å². The van der Waals surface area contributed by atoms with Gasteiger partial charge >= 0.3 is 0 Å². The number of nitrogens with one attached hydrogen (secondary N) is 2. The summed E-state index contributed by atoms with van der Waals surface area (Å²) in [6.45, 7) is 3.21. The summed E-state index contributed by atoms with van der Waals surface area (Å²) >= 11 is 0. The Morgan fingerprint density at radius 2 is 2.05 bits per heavy atom. The summed E-state index contributed by atoms with van der Waals surface area (Å²) in [4.78, 5) is 4.19. The van der Waals surface area contributed by atoms with Crippen molar-refractivity contribution in [1.82, 2.24) is 10.6 Å². The van der Waals surface area contributed by atoms with Crippen molar-refractivity contribution in [2.24, 2.45) is 10.4 Å². The zero-order valence-electron chi connectivity index (χ0n) is 11.9. The molecule has 5 nitrogen and oxygen atoms in total. The number of sulfone groups is 1. The summed E-state index contributed by atoms with van der Waals surface area (Å²) in [5.41, 5.74) is 0.360. The second-order valence-corrected chi connectivity index (χ2v) is 8.42. The molecule has 2 aliphatic rings. The van der Waals surface area contributed by atoms with E-state index in [1.807, 2.05) is 0 Å². The van der Waals surface area contributed by atoms with E-state index in [0.717, 1.165) is 12.5 Å². The molecule has 0 aromatic carbocycles. The van der Waals surface area contributed by atoms with Crippen LogP contribution in [0.25, 0.3) is 0 Å². The van der Waals surface area contributed by atoms with Gasteiger partial charge in [0.15, 0.2) is 15.8 Å². The molecule has 0 spiro atoms. The van der Waals surface area contributed by atoms with Crippen LogP contribution < -0.4 is 10.6 Å². The number of hydrogen-bond acceptors (Lipinski definition) is 3. The highest BCUT2D eigenvalue weighted by Gasteiger charge is 2.30. The Morgan fingerprint density at radius 1 is 1.37 bits per heavy atom. The third kappa shape index (κ3) is 4.09. The van der Waals surface area contributed by atoms with E-state index >= 15 is 0 Å². The average Bonchev–Trinajstić information content (AvgIpc) is 2.91. The van der Waals surface area contributed by atoms with Gasteiger partial charge in [-0.25, -0.2) is 8.42 Å². The van der Waals surface area contributed by atoms with Crippen LogP contribution in [0.2, 0.25) is 0 Å². The lowest BCUT2D eigenvalue weighted by atomic mass is 9.89. The van der Waals surface area contributed by atoms with Crippen molar-refractivity contribution < 1.29 is 8.42 Å². The van der Waals surface area contributed by atoms with Crippen molar-refractivity contribution in [3.05, 3.63) is 0 Å². The van der Waals surface area contributed by atoms with Gasteiger partial charge in [0.1, 0.15) is 0 Å². The van der Waals surface area contributed by atoms with Gasteiger partial charge in [0.2, 0.25) is 0 Å². The number of nitrogens with zero attached hydrogens (tertiary/aromatic N) is 1. The van der Waals surface area contributed by atoms with Gasteiger partial charge < -0.3 is 10.6 Å². The van der Waals surface area contributed by atoms with E-state index in [0.29, 0.717) is 17.6 Å². The van der Waals surface area contributed by atoms with Crippen LogP contribution in [0.5, 0.6) is 0 Å². The van der Waals surface area contributed by atoms with Gasteiger partial charge in [-0.3, -0.25) is 4.99 Å². The molecule has 19 heavy (non-hydrogen) atoms. The summed E-state index contributed by atoms with van der Waals surface area (Å²) in [7, 11) is -1.11. The van der Waals surface area contributed by atoms with E-state index < -0.39 is 9.84 Å². The van der Waals surface area contributed by atoms with Gasteiger partial charge in [-0.05, 0) is 24.7 Å². The second kappa shape index (κ2) is 5.69. The Bertz CT molecular complexity index is 439. The number of rotatable bonds is 3. The molecule has 1 aliphatic carbocycles. The molecule has 0 amide bonds. The molecule has 0 radical (unpaired) electrons. The largest absolute Gasteiger partial charge is 0.356 e. The third-order valence-electron chi connectivity index (χ3n) is 4.29. The standard InChI is InChI=1S/C13H25N3O2S/c1-13(6-3-4-7-13)10-15-12(14-2)16-11-5-8-19(17,18)9-11/h11H,3-10H2,1-2H3,(H2,14,15,16). The summed E-state index contributed by atoms with van der Waals surface area (Å²) in [6.07, 6.45) is 5.82. The molecule has 1 atom stereocenters. The van der Waals surface area contributed by atoms with Crippen LogP contribution in [-0.4, -0.2) is 45.5 Å². The monoisotopic (exact) mass is 287 g/mol. The maximum absolute atomic E-state index is 11.4. The summed E-state index contributed by atoms with van der Waals surface area (Å²) < 4.78 is 22.9. The molecule has 1 saturated heterocycles. The molecule has 2 N–H and O–H groups in total. The first-order chi connectivity index (χ1) is 8.92. The van der Waals surface area contributed by atoms with Gasteiger partial charge in [0, 0.05) is 19.6 Å². The van der Waals surface area contributed by atoms with Crippen molar-refractivity contribution in [3.63, 3.8) is 0 Å². The number of hydrogen-bond donors (Lipinski definition) is 2.